The first kappa shape index (κ1) is 14.0. The number of ketones is 1. The summed E-state index contributed by atoms with van der Waals surface area (Å²) in [7, 11) is 0. The number of nitrogens with zero attached hydrogens (tertiary/aromatic N) is 3. The molecule has 0 spiro atoms. The smallest absolute Gasteiger partial charge is 0.175 e. The van der Waals surface area contributed by atoms with E-state index >= 15 is 0 Å². The number of nitriles is 2. The van der Waals surface area contributed by atoms with Crippen LogP contribution >= 0.6 is 15.9 Å². The number of alkyl halides is 1. The molecule has 0 radical (unpaired) electrons. The summed E-state index contributed by atoms with van der Waals surface area (Å²) in [6.45, 7) is 1.80. The predicted molar refractivity (Wildman–Crippen MR) is 78.1 cm³/mol. The van der Waals surface area contributed by atoms with E-state index in [0.717, 1.165) is 11.4 Å². The van der Waals surface area contributed by atoms with Crippen molar-refractivity contribution in [3.63, 3.8) is 0 Å². The molecule has 0 aliphatic carbocycles. The van der Waals surface area contributed by atoms with Crippen LogP contribution in [0.25, 0.3) is 5.69 Å². The number of hydrogen-bond acceptors (Lipinski definition) is 3. The second kappa shape index (κ2) is 5.73. The van der Waals surface area contributed by atoms with Gasteiger partial charge < -0.3 is 4.57 Å². The van der Waals surface area contributed by atoms with Crippen molar-refractivity contribution in [2.75, 3.05) is 5.33 Å². The minimum Gasteiger partial charge on any atom is -0.305 e. The van der Waals surface area contributed by atoms with Crippen LogP contribution < -0.4 is 0 Å². The van der Waals surface area contributed by atoms with Crippen LogP contribution in [-0.2, 0) is 0 Å². The number of carbonyl (C=O) groups excluding carboxylic acids is 1. The Morgan fingerprint density at radius 2 is 1.90 bits per heavy atom. The van der Waals surface area contributed by atoms with E-state index in [1.807, 2.05) is 6.07 Å². The van der Waals surface area contributed by atoms with Crippen molar-refractivity contribution in [1.29, 1.82) is 10.5 Å². The van der Waals surface area contributed by atoms with E-state index < -0.39 is 0 Å². The number of benzene rings is 1. The molecule has 2 aromatic rings. The quantitative estimate of drug-likeness (QED) is 0.642. The zero-order valence-electron chi connectivity index (χ0n) is 10.7. The van der Waals surface area contributed by atoms with Gasteiger partial charge in [-0.05, 0) is 37.3 Å². The van der Waals surface area contributed by atoms with Gasteiger partial charge in [0.1, 0.15) is 11.8 Å². The Morgan fingerprint density at radius 1 is 1.25 bits per heavy atom. The maximum absolute atomic E-state index is 11.8. The lowest BCUT2D eigenvalue weighted by Crippen LogP contribution is -2.04. The van der Waals surface area contributed by atoms with E-state index in [1.165, 1.54) is 0 Å². The van der Waals surface area contributed by atoms with E-state index in [0.29, 0.717) is 16.8 Å². The molecule has 0 aliphatic rings. The van der Waals surface area contributed by atoms with Gasteiger partial charge in [-0.1, -0.05) is 15.9 Å². The number of hydrogen-bond donors (Lipinski definition) is 0. The Bertz CT molecular complexity index is 745. The Balaban J connectivity index is 2.61. The zero-order valence-corrected chi connectivity index (χ0v) is 12.3. The van der Waals surface area contributed by atoms with Crippen molar-refractivity contribution in [1.82, 2.24) is 4.57 Å². The maximum atomic E-state index is 11.8. The minimum absolute atomic E-state index is 0.0635. The average molecular weight is 328 g/mol. The van der Waals surface area contributed by atoms with Gasteiger partial charge in [0, 0.05) is 16.9 Å². The fourth-order valence-corrected chi connectivity index (χ4v) is 2.36. The molecule has 0 aliphatic heterocycles. The monoisotopic (exact) mass is 327 g/mol. The molecule has 5 heteroatoms. The fraction of sp³-hybridized carbons (Fsp3) is 0.133. The third-order valence-electron chi connectivity index (χ3n) is 3.04. The number of halogens is 1. The highest BCUT2D eigenvalue weighted by molar-refractivity contribution is 9.09. The van der Waals surface area contributed by atoms with Gasteiger partial charge >= 0.3 is 0 Å². The van der Waals surface area contributed by atoms with Crippen LogP contribution in [-0.4, -0.2) is 15.7 Å². The highest BCUT2D eigenvalue weighted by Crippen LogP contribution is 2.22. The number of carbonyl (C=O) groups is 1. The first-order valence-corrected chi connectivity index (χ1v) is 6.96. The molecule has 0 N–H and O–H groups in total. The van der Waals surface area contributed by atoms with Gasteiger partial charge in [0.25, 0.3) is 0 Å². The topological polar surface area (TPSA) is 69.6 Å². The summed E-state index contributed by atoms with van der Waals surface area (Å²) in [4.78, 5) is 11.8. The van der Waals surface area contributed by atoms with Crippen LogP contribution in [0.4, 0.5) is 0 Å². The summed E-state index contributed by atoms with van der Waals surface area (Å²) >= 11 is 3.14. The van der Waals surface area contributed by atoms with Crippen LogP contribution in [0.2, 0.25) is 0 Å². The van der Waals surface area contributed by atoms with E-state index in [4.69, 9.17) is 5.26 Å². The average Bonchev–Trinajstić information content (AvgIpc) is 2.83. The Morgan fingerprint density at radius 3 is 2.40 bits per heavy atom. The molecular formula is C15H10BrN3O. The Kier molecular flexibility index (Phi) is 4.02. The zero-order chi connectivity index (χ0) is 14.7. The van der Waals surface area contributed by atoms with E-state index in [-0.39, 0.29) is 11.1 Å². The third-order valence-corrected chi connectivity index (χ3v) is 3.55. The summed E-state index contributed by atoms with van der Waals surface area (Å²) in [5, 5.41) is 18.2. The van der Waals surface area contributed by atoms with Gasteiger partial charge in [-0.25, -0.2) is 0 Å². The van der Waals surface area contributed by atoms with Gasteiger partial charge in [-0.2, -0.15) is 10.5 Å². The van der Waals surface area contributed by atoms with Gasteiger partial charge in [0.15, 0.2) is 5.78 Å². The van der Waals surface area contributed by atoms with Crippen LogP contribution in [0.5, 0.6) is 0 Å². The molecule has 2 rings (SSSR count). The first-order valence-electron chi connectivity index (χ1n) is 5.84. The first-order chi connectivity index (χ1) is 9.62. The molecule has 0 fully saturated rings. The highest BCUT2D eigenvalue weighted by Gasteiger charge is 2.17. The van der Waals surface area contributed by atoms with Crippen molar-refractivity contribution in [3.05, 3.63) is 52.8 Å². The predicted octanol–water partition coefficient (Wildman–Crippen LogP) is 3.11. The highest BCUT2D eigenvalue weighted by atomic mass is 79.9. The van der Waals surface area contributed by atoms with Gasteiger partial charge in [-0.15, -0.1) is 0 Å². The molecule has 98 valence electrons. The van der Waals surface area contributed by atoms with Crippen LogP contribution in [0.1, 0.15) is 27.3 Å². The molecule has 0 amide bonds. The minimum atomic E-state index is -0.0635. The Labute approximate surface area is 125 Å². The molecule has 0 unspecified atom stereocenters. The largest absolute Gasteiger partial charge is 0.305 e. The molecule has 0 atom stereocenters. The molecule has 1 heterocycles. The van der Waals surface area contributed by atoms with E-state index in [9.17, 15) is 10.1 Å². The van der Waals surface area contributed by atoms with Gasteiger partial charge in [-0.3, -0.25) is 4.79 Å². The molecule has 0 saturated heterocycles. The number of Topliss-reactive ketones (excluding diaryl/α,β-unsaturated/α-hetero) is 1. The molecule has 1 aromatic carbocycles. The molecular weight excluding hydrogens is 318 g/mol. The molecule has 0 bridgehead atoms. The third kappa shape index (κ3) is 2.36. The van der Waals surface area contributed by atoms with E-state index in [2.05, 4.69) is 22.0 Å². The van der Waals surface area contributed by atoms with Crippen molar-refractivity contribution in [2.45, 2.75) is 6.92 Å². The fourth-order valence-electron chi connectivity index (χ4n) is 2.06. The van der Waals surface area contributed by atoms with Crippen molar-refractivity contribution in [2.24, 2.45) is 0 Å². The number of rotatable bonds is 3. The van der Waals surface area contributed by atoms with Crippen LogP contribution in [0.3, 0.4) is 0 Å². The lowest BCUT2D eigenvalue weighted by molar-refractivity contribution is 0.102. The van der Waals surface area contributed by atoms with E-state index in [1.54, 1.807) is 41.8 Å². The Hall–Kier alpha value is -2.37. The van der Waals surface area contributed by atoms with Gasteiger partial charge in [0.2, 0.25) is 0 Å². The molecule has 1 aromatic heterocycles. The van der Waals surface area contributed by atoms with Gasteiger partial charge in [0.05, 0.1) is 17.0 Å². The summed E-state index contributed by atoms with van der Waals surface area (Å²) in [5.41, 5.74) is 2.95. The van der Waals surface area contributed by atoms with Crippen LogP contribution in [0.15, 0.2) is 30.3 Å². The summed E-state index contributed by atoms with van der Waals surface area (Å²) < 4.78 is 1.72. The SMILES string of the molecule is Cc1c(C(=O)CBr)cc(C#N)n1-c1ccc(C#N)cc1. The standard InChI is InChI=1S/C15H10BrN3O/c1-10-14(15(20)7-16)6-13(9-18)19(10)12-4-2-11(8-17)3-5-12/h2-6H,7H2,1H3. The molecule has 4 nitrogen and oxygen atoms in total. The molecule has 0 saturated carbocycles. The van der Waals surface area contributed by atoms with Crippen molar-refractivity contribution < 1.29 is 4.79 Å². The second-order valence-electron chi connectivity index (χ2n) is 4.19. The van der Waals surface area contributed by atoms with Crippen molar-refractivity contribution >= 4 is 21.7 Å². The van der Waals surface area contributed by atoms with Crippen molar-refractivity contribution in [3.8, 4) is 17.8 Å². The summed E-state index contributed by atoms with van der Waals surface area (Å²) in [6, 6.07) is 12.6. The summed E-state index contributed by atoms with van der Waals surface area (Å²) in [5.74, 6) is -0.0635. The maximum Gasteiger partial charge on any atom is 0.175 e. The number of aromatic nitrogens is 1. The lowest BCUT2D eigenvalue weighted by Gasteiger charge is -2.08. The molecule has 20 heavy (non-hydrogen) atoms. The summed E-state index contributed by atoms with van der Waals surface area (Å²) in [6.07, 6.45) is 0. The van der Waals surface area contributed by atoms with Crippen LogP contribution in [0, 0.1) is 29.6 Å². The second-order valence-corrected chi connectivity index (χ2v) is 4.75. The lowest BCUT2D eigenvalue weighted by atomic mass is 10.2. The normalized spacial score (nSPS) is 9.80.